The van der Waals surface area contributed by atoms with Crippen LogP contribution in [0.15, 0.2) is 29.3 Å². The van der Waals surface area contributed by atoms with Gasteiger partial charge < -0.3 is 15.0 Å². The molecule has 24 heavy (non-hydrogen) atoms. The van der Waals surface area contributed by atoms with E-state index >= 15 is 0 Å². The molecule has 1 aromatic carbocycles. The number of rotatable bonds is 7. The SMILES string of the molecule is CCNC(=NCC1(C2CC2)CC1)N(C)Cc1ccc(OC)cc1.I. The van der Waals surface area contributed by atoms with Crippen molar-refractivity contribution in [2.75, 3.05) is 27.2 Å². The number of hydrogen-bond acceptors (Lipinski definition) is 2. The van der Waals surface area contributed by atoms with Gasteiger partial charge in [-0.2, -0.15) is 0 Å². The molecule has 4 nitrogen and oxygen atoms in total. The lowest BCUT2D eigenvalue weighted by atomic mass is 10.0. The van der Waals surface area contributed by atoms with E-state index in [1.165, 1.54) is 31.2 Å². The van der Waals surface area contributed by atoms with Crippen LogP contribution in [-0.4, -0.2) is 38.1 Å². The first-order valence-corrected chi connectivity index (χ1v) is 8.79. The fourth-order valence-electron chi connectivity index (χ4n) is 3.33. The Morgan fingerprint density at radius 3 is 2.46 bits per heavy atom. The zero-order valence-electron chi connectivity index (χ0n) is 15.0. The van der Waals surface area contributed by atoms with Crippen molar-refractivity contribution < 1.29 is 4.74 Å². The largest absolute Gasteiger partial charge is 0.497 e. The number of methoxy groups -OCH3 is 1. The summed E-state index contributed by atoms with van der Waals surface area (Å²) in [6.45, 7) is 4.88. The van der Waals surface area contributed by atoms with Crippen LogP contribution < -0.4 is 10.1 Å². The van der Waals surface area contributed by atoms with Gasteiger partial charge in [-0.15, -0.1) is 24.0 Å². The van der Waals surface area contributed by atoms with E-state index < -0.39 is 0 Å². The van der Waals surface area contributed by atoms with Gasteiger partial charge in [-0.25, -0.2) is 0 Å². The number of aliphatic imine (C=N–C) groups is 1. The maximum Gasteiger partial charge on any atom is 0.193 e. The van der Waals surface area contributed by atoms with Crippen molar-refractivity contribution in [3.8, 4) is 5.75 Å². The van der Waals surface area contributed by atoms with Crippen LogP contribution in [0.3, 0.4) is 0 Å². The highest BCUT2D eigenvalue weighted by Crippen LogP contribution is 2.61. The number of nitrogens with one attached hydrogen (secondary N) is 1. The summed E-state index contributed by atoms with van der Waals surface area (Å²) in [7, 11) is 3.81. The number of guanidine groups is 1. The highest BCUT2D eigenvalue weighted by atomic mass is 127. The van der Waals surface area contributed by atoms with Crippen molar-refractivity contribution >= 4 is 29.9 Å². The van der Waals surface area contributed by atoms with Gasteiger partial charge in [0, 0.05) is 26.7 Å². The summed E-state index contributed by atoms with van der Waals surface area (Å²) < 4.78 is 5.22. The van der Waals surface area contributed by atoms with Crippen LogP contribution >= 0.6 is 24.0 Å². The normalized spacial score (nSPS) is 18.5. The van der Waals surface area contributed by atoms with Gasteiger partial charge in [0.25, 0.3) is 0 Å². The van der Waals surface area contributed by atoms with Gasteiger partial charge in [-0.3, -0.25) is 4.99 Å². The topological polar surface area (TPSA) is 36.9 Å². The summed E-state index contributed by atoms with van der Waals surface area (Å²) >= 11 is 0. The van der Waals surface area contributed by atoms with E-state index in [4.69, 9.17) is 9.73 Å². The molecule has 0 bridgehead atoms. The molecule has 1 N–H and O–H groups in total. The first kappa shape index (κ1) is 19.3. The zero-order chi connectivity index (χ0) is 16.3. The predicted molar refractivity (Wildman–Crippen MR) is 110 cm³/mol. The summed E-state index contributed by atoms with van der Waals surface area (Å²) in [5, 5.41) is 3.44. The van der Waals surface area contributed by atoms with Gasteiger partial charge in [0.05, 0.1) is 7.11 Å². The lowest BCUT2D eigenvalue weighted by Crippen LogP contribution is -2.39. The van der Waals surface area contributed by atoms with E-state index in [0.29, 0.717) is 5.41 Å². The van der Waals surface area contributed by atoms with Crippen LogP contribution in [0.5, 0.6) is 5.75 Å². The second kappa shape index (κ2) is 8.41. The molecule has 134 valence electrons. The molecule has 2 aliphatic rings. The minimum absolute atomic E-state index is 0. The van der Waals surface area contributed by atoms with Crippen LogP contribution in [0.2, 0.25) is 0 Å². The van der Waals surface area contributed by atoms with Crippen molar-refractivity contribution in [2.45, 2.75) is 39.2 Å². The summed E-state index contributed by atoms with van der Waals surface area (Å²) in [6.07, 6.45) is 5.60. The fourth-order valence-corrected chi connectivity index (χ4v) is 3.33. The van der Waals surface area contributed by atoms with E-state index in [1.807, 2.05) is 12.1 Å². The molecule has 0 spiro atoms. The maximum absolute atomic E-state index is 5.22. The van der Waals surface area contributed by atoms with Gasteiger partial charge in [0.15, 0.2) is 5.96 Å². The molecule has 0 saturated heterocycles. The van der Waals surface area contributed by atoms with E-state index in [2.05, 4.69) is 36.3 Å². The Hall–Kier alpha value is -0.980. The lowest BCUT2D eigenvalue weighted by molar-refractivity contribution is 0.413. The summed E-state index contributed by atoms with van der Waals surface area (Å²) in [6, 6.07) is 8.26. The highest BCUT2D eigenvalue weighted by Gasteiger charge is 2.53. The second-order valence-electron chi connectivity index (χ2n) is 7.01. The number of benzene rings is 1. The fraction of sp³-hybridized carbons (Fsp3) is 0.632. The van der Waals surface area contributed by atoms with Gasteiger partial charge in [-0.1, -0.05) is 12.1 Å². The summed E-state index contributed by atoms with van der Waals surface area (Å²) in [5.41, 5.74) is 1.82. The molecule has 2 fully saturated rings. The van der Waals surface area contributed by atoms with Crippen LogP contribution in [0.1, 0.15) is 38.2 Å². The zero-order valence-corrected chi connectivity index (χ0v) is 17.4. The van der Waals surface area contributed by atoms with Crippen LogP contribution in [0, 0.1) is 11.3 Å². The average molecular weight is 443 g/mol. The molecule has 0 atom stereocenters. The van der Waals surface area contributed by atoms with E-state index in [1.54, 1.807) is 7.11 Å². The van der Waals surface area contributed by atoms with Gasteiger partial charge in [0.2, 0.25) is 0 Å². The molecule has 3 rings (SSSR count). The second-order valence-corrected chi connectivity index (χ2v) is 7.01. The number of ether oxygens (including phenoxy) is 1. The Bertz CT molecular complexity index is 550. The van der Waals surface area contributed by atoms with E-state index in [0.717, 1.165) is 37.3 Å². The monoisotopic (exact) mass is 443 g/mol. The molecule has 0 amide bonds. The van der Waals surface area contributed by atoms with Crippen molar-refractivity contribution in [1.29, 1.82) is 0 Å². The lowest BCUT2D eigenvalue weighted by Gasteiger charge is -2.23. The summed E-state index contributed by atoms with van der Waals surface area (Å²) in [4.78, 5) is 7.16. The summed E-state index contributed by atoms with van der Waals surface area (Å²) in [5.74, 6) is 2.88. The predicted octanol–water partition coefficient (Wildman–Crippen LogP) is 3.90. The van der Waals surface area contributed by atoms with E-state index in [9.17, 15) is 0 Å². The standard InChI is InChI=1S/C19H29N3O.HI/c1-4-20-18(21-14-19(11-12-19)16-7-8-16)22(2)13-15-5-9-17(23-3)10-6-15;/h5-6,9-10,16H,4,7-8,11-14H2,1-3H3,(H,20,21);1H. The van der Waals surface area contributed by atoms with Gasteiger partial charge in [0.1, 0.15) is 5.75 Å². The molecule has 1 aromatic rings. The Labute approximate surface area is 163 Å². The molecular formula is C19H30IN3O. The third-order valence-electron chi connectivity index (χ3n) is 5.15. The van der Waals surface area contributed by atoms with Gasteiger partial charge >= 0.3 is 0 Å². The third-order valence-corrected chi connectivity index (χ3v) is 5.15. The molecule has 5 heteroatoms. The first-order valence-electron chi connectivity index (χ1n) is 8.79. The van der Waals surface area contributed by atoms with Crippen molar-refractivity contribution in [1.82, 2.24) is 10.2 Å². The minimum Gasteiger partial charge on any atom is -0.497 e. The molecule has 0 unspecified atom stereocenters. The molecule has 0 radical (unpaired) electrons. The third kappa shape index (κ3) is 4.77. The molecular weight excluding hydrogens is 413 g/mol. The molecule has 0 heterocycles. The van der Waals surface area contributed by atoms with E-state index in [-0.39, 0.29) is 24.0 Å². The Balaban J connectivity index is 0.00000208. The Kier molecular flexibility index (Phi) is 6.78. The average Bonchev–Trinajstić information content (AvgIpc) is 3.45. The quantitative estimate of drug-likeness (QED) is 0.395. The molecule has 2 aliphatic carbocycles. The molecule has 0 aliphatic heterocycles. The molecule has 0 aromatic heterocycles. The van der Waals surface area contributed by atoms with Crippen LogP contribution in [-0.2, 0) is 6.54 Å². The minimum atomic E-state index is 0. The van der Waals surface area contributed by atoms with Crippen molar-refractivity contribution in [3.63, 3.8) is 0 Å². The molecule has 2 saturated carbocycles. The van der Waals surface area contributed by atoms with Crippen LogP contribution in [0.25, 0.3) is 0 Å². The Morgan fingerprint density at radius 1 is 1.29 bits per heavy atom. The Morgan fingerprint density at radius 2 is 1.96 bits per heavy atom. The van der Waals surface area contributed by atoms with Gasteiger partial charge in [-0.05, 0) is 61.6 Å². The first-order chi connectivity index (χ1) is 11.2. The van der Waals surface area contributed by atoms with Crippen molar-refractivity contribution in [3.05, 3.63) is 29.8 Å². The van der Waals surface area contributed by atoms with Crippen molar-refractivity contribution in [2.24, 2.45) is 16.3 Å². The number of nitrogens with zero attached hydrogens (tertiary/aromatic N) is 2. The maximum atomic E-state index is 5.22. The number of halogens is 1. The number of hydrogen-bond donors (Lipinski definition) is 1. The smallest absolute Gasteiger partial charge is 0.193 e. The highest BCUT2D eigenvalue weighted by molar-refractivity contribution is 14.0. The van der Waals surface area contributed by atoms with Crippen LogP contribution in [0.4, 0.5) is 0 Å².